The predicted molar refractivity (Wildman–Crippen MR) is 53.4 cm³/mol. The average molecular weight is 264 g/mol. The van der Waals surface area contributed by atoms with Gasteiger partial charge in [-0.05, 0) is 34.2 Å². The third kappa shape index (κ3) is 3.23. The number of carbonyl (C=O) groups excluding carboxylic acids is 1. The van der Waals surface area contributed by atoms with E-state index in [1.54, 1.807) is 0 Å². The molecule has 1 aliphatic carbocycles. The van der Waals surface area contributed by atoms with E-state index in [4.69, 9.17) is 0 Å². The molecule has 0 aromatic heterocycles. The Kier molecular flexibility index (Phi) is 2.82. The van der Waals surface area contributed by atoms with E-state index in [1.165, 1.54) is 18.2 Å². The van der Waals surface area contributed by atoms with Crippen molar-refractivity contribution in [3.63, 3.8) is 0 Å². The summed E-state index contributed by atoms with van der Waals surface area (Å²) in [7, 11) is -3.40. The minimum Gasteiger partial charge on any atom is -0.289 e. The fourth-order valence-corrected chi connectivity index (χ4v) is 1.60. The lowest BCUT2D eigenvalue weighted by Gasteiger charge is -2.00. The van der Waals surface area contributed by atoms with Crippen molar-refractivity contribution in [1.29, 1.82) is 0 Å². The van der Waals surface area contributed by atoms with Gasteiger partial charge in [0.05, 0.1) is 16.4 Å². The first-order valence-corrected chi connectivity index (χ1v) is 5.92. The van der Waals surface area contributed by atoms with Gasteiger partial charge in [0.25, 0.3) is 10.0 Å². The van der Waals surface area contributed by atoms with Gasteiger partial charge in [0.1, 0.15) is 0 Å². The molecule has 0 radical (unpaired) electrons. The van der Waals surface area contributed by atoms with Gasteiger partial charge in [0, 0.05) is 0 Å². The van der Waals surface area contributed by atoms with Crippen LogP contribution in [-0.2, 0) is 14.8 Å². The fraction of sp³-hybridized carbons (Fsp3) is 0.143. The van der Waals surface area contributed by atoms with E-state index >= 15 is 0 Å². The SMILES string of the molecule is CS(=O)(=O)N=C1C=CC(=O)C(Br)=C1. The van der Waals surface area contributed by atoms with Crippen molar-refractivity contribution in [2.45, 2.75) is 0 Å². The molecule has 1 rings (SSSR count). The number of halogens is 1. The molecule has 0 bridgehead atoms. The zero-order chi connectivity index (χ0) is 10.1. The van der Waals surface area contributed by atoms with Crippen LogP contribution in [0.1, 0.15) is 0 Å². The van der Waals surface area contributed by atoms with Gasteiger partial charge in [0.2, 0.25) is 0 Å². The largest absolute Gasteiger partial charge is 0.289 e. The van der Waals surface area contributed by atoms with Crippen LogP contribution in [0, 0.1) is 0 Å². The van der Waals surface area contributed by atoms with E-state index in [9.17, 15) is 13.2 Å². The molecule has 0 aromatic carbocycles. The summed E-state index contributed by atoms with van der Waals surface area (Å²) in [6.45, 7) is 0. The minimum absolute atomic E-state index is 0.201. The van der Waals surface area contributed by atoms with Crippen LogP contribution in [0.2, 0.25) is 0 Å². The lowest BCUT2D eigenvalue weighted by molar-refractivity contribution is -0.110. The summed E-state index contributed by atoms with van der Waals surface area (Å²) in [5.74, 6) is -0.201. The van der Waals surface area contributed by atoms with Crippen molar-refractivity contribution >= 4 is 37.4 Å². The molecular formula is C7H6BrNO3S. The number of rotatable bonds is 1. The first kappa shape index (κ1) is 10.3. The lowest BCUT2D eigenvalue weighted by atomic mass is 10.2. The normalized spacial score (nSPS) is 20.6. The highest BCUT2D eigenvalue weighted by Crippen LogP contribution is 2.12. The van der Waals surface area contributed by atoms with Crippen LogP contribution in [0.5, 0.6) is 0 Å². The molecule has 0 heterocycles. The number of carbonyl (C=O) groups is 1. The van der Waals surface area contributed by atoms with Crippen molar-refractivity contribution in [1.82, 2.24) is 0 Å². The van der Waals surface area contributed by atoms with E-state index in [-0.39, 0.29) is 11.5 Å². The number of allylic oxidation sites excluding steroid dienone is 4. The molecular weight excluding hydrogens is 258 g/mol. The van der Waals surface area contributed by atoms with E-state index < -0.39 is 10.0 Å². The van der Waals surface area contributed by atoms with Gasteiger partial charge >= 0.3 is 0 Å². The summed E-state index contributed by atoms with van der Waals surface area (Å²) in [6.07, 6.45) is 4.97. The predicted octanol–water partition coefficient (Wildman–Crippen LogP) is 0.805. The highest BCUT2D eigenvalue weighted by atomic mass is 79.9. The molecule has 0 fully saturated rings. The van der Waals surface area contributed by atoms with Crippen LogP contribution in [0.3, 0.4) is 0 Å². The van der Waals surface area contributed by atoms with Crippen LogP contribution < -0.4 is 0 Å². The Balaban J connectivity index is 3.07. The third-order valence-electron chi connectivity index (χ3n) is 1.19. The van der Waals surface area contributed by atoms with Crippen molar-refractivity contribution in [2.24, 2.45) is 4.40 Å². The Bertz CT molecular complexity index is 431. The maximum atomic E-state index is 10.9. The first-order valence-electron chi connectivity index (χ1n) is 3.28. The van der Waals surface area contributed by atoms with Gasteiger partial charge < -0.3 is 0 Å². The molecule has 6 heteroatoms. The second kappa shape index (κ2) is 3.55. The highest BCUT2D eigenvalue weighted by molar-refractivity contribution is 9.12. The second-order valence-corrected chi connectivity index (χ2v) is 4.94. The van der Waals surface area contributed by atoms with Crippen molar-refractivity contribution in [2.75, 3.05) is 6.26 Å². The fourth-order valence-electron chi connectivity index (χ4n) is 0.738. The van der Waals surface area contributed by atoms with Gasteiger partial charge in [-0.2, -0.15) is 4.40 Å². The smallest absolute Gasteiger partial charge is 0.250 e. The van der Waals surface area contributed by atoms with Crippen LogP contribution in [0.25, 0.3) is 0 Å². The number of ketones is 1. The Morgan fingerprint density at radius 2 is 2.00 bits per heavy atom. The summed E-state index contributed by atoms with van der Waals surface area (Å²) >= 11 is 2.99. The number of sulfonamides is 1. The lowest BCUT2D eigenvalue weighted by Crippen LogP contribution is -2.05. The Morgan fingerprint density at radius 1 is 1.38 bits per heavy atom. The molecule has 0 N–H and O–H groups in total. The Labute approximate surface area is 84.2 Å². The third-order valence-corrected chi connectivity index (χ3v) is 2.35. The van der Waals surface area contributed by atoms with Gasteiger partial charge in [-0.3, -0.25) is 4.79 Å². The number of hydrogen-bond donors (Lipinski definition) is 0. The molecule has 1 aliphatic rings. The highest BCUT2D eigenvalue weighted by Gasteiger charge is 2.10. The molecule has 0 unspecified atom stereocenters. The van der Waals surface area contributed by atoms with Gasteiger partial charge in [-0.15, -0.1) is 0 Å². The summed E-state index contributed by atoms with van der Waals surface area (Å²) < 4.78 is 25.2. The maximum Gasteiger partial charge on any atom is 0.250 e. The number of hydrogen-bond acceptors (Lipinski definition) is 3. The van der Waals surface area contributed by atoms with Crippen molar-refractivity contribution in [3.8, 4) is 0 Å². The first-order chi connectivity index (χ1) is 5.88. The molecule has 0 saturated heterocycles. The van der Waals surface area contributed by atoms with Crippen molar-refractivity contribution < 1.29 is 13.2 Å². The second-order valence-electron chi connectivity index (χ2n) is 2.44. The van der Waals surface area contributed by atoms with E-state index in [0.717, 1.165) is 6.26 Å². The maximum absolute atomic E-state index is 10.9. The Hall–Kier alpha value is -0.750. The molecule has 0 spiro atoms. The topological polar surface area (TPSA) is 63.6 Å². The standard InChI is InChI=1S/C7H6BrNO3S/c1-13(11,12)9-5-2-3-7(10)6(8)4-5/h2-4H,1H3. The van der Waals surface area contributed by atoms with E-state index in [1.807, 2.05) is 0 Å². The van der Waals surface area contributed by atoms with E-state index in [0.29, 0.717) is 4.48 Å². The minimum atomic E-state index is -3.40. The summed E-state index contributed by atoms with van der Waals surface area (Å²) in [5, 5.41) is 0. The molecule has 4 nitrogen and oxygen atoms in total. The van der Waals surface area contributed by atoms with E-state index in [2.05, 4.69) is 20.3 Å². The van der Waals surface area contributed by atoms with Gasteiger partial charge in [-0.1, -0.05) is 0 Å². The molecule has 0 amide bonds. The molecule has 70 valence electrons. The number of nitrogens with zero attached hydrogens (tertiary/aromatic N) is 1. The van der Waals surface area contributed by atoms with Crippen LogP contribution in [-0.4, -0.2) is 26.2 Å². The zero-order valence-corrected chi connectivity index (χ0v) is 9.09. The van der Waals surface area contributed by atoms with Crippen LogP contribution in [0.4, 0.5) is 0 Å². The van der Waals surface area contributed by atoms with Crippen molar-refractivity contribution in [3.05, 3.63) is 22.7 Å². The summed E-state index contributed by atoms with van der Waals surface area (Å²) in [6, 6.07) is 0. The molecule has 0 aromatic rings. The zero-order valence-electron chi connectivity index (χ0n) is 6.69. The Morgan fingerprint density at radius 3 is 2.46 bits per heavy atom. The quantitative estimate of drug-likeness (QED) is 0.658. The molecule has 0 atom stereocenters. The van der Waals surface area contributed by atoms with Crippen LogP contribution in [0.15, 0.2) is 27.1 Å². The van der Waals surface area contributed by atoms with Crippen LogP contribution >= 0.6 is 15.9 Å². The monoisotopic (exact) mass is 263 g/mol. The van der Waals surface area contributed by atoms with Gasteiger partial charge in [0.15, 0.2) is 5.78 Å². The summed E-state index contributed by atoms with van der Waals surface area (Å²) in [5.41, 5.74) is 0.244. The van der Waals surface area contributed by atoms with Gasteiger partial charge in [-0.25, -0.2) is 8.42 Å². The molecule has 0 aliphatic heterocycles. The molecule has 0 saturated carbocycles. The molecule has 13 heavy (non-hydrogen) atoms. The summed E-state index contributed by atoms with van der Waals surface area (Å²) in [4.78, 5) is 10.9. The average Bonchev–Trinajstić information content (AvgIpc) is 1.94.